The predicted molar refractivity (Wildman–Crippen MR) is 161 cm³/mol. The van der Waals surface area contributed by atoms with Crippen LogP contribution in [0.15, 0.2) is 47.1 Å². The summed E-state index contributed by atoms with van der Waals surface area (Å²) in [6, 6.07) is 0. The Balaban J connectivity index is 0.000000488. The van der Waals surface area contributed by atoms with E-state index in [1.165, 1.54) is 31.3 Å². The number of thiazole rings is 1. The minimum Gasteiger partial charge on any atom is -0.381 e. The highest BCUT2D eigenvalue weighted by Gasteiger charge is 2.17. The molecule has 1 unspecified atom stereocenters. The molecule has 2 aromatic rings. The molecule has 1 aliphatic heterocycles. The average Bonchev–Trinajstić information content (AvgIpc) is 3.50. The molecule has 1 atom stereocenters. The van der Waals surface area contributed by atoms with E-state index in [1.807, 2.05) is 18.5 Å². The number of rotatable bonds is 8. The van der Waals surface area contributed by atoms with E-state index in [1.54, 1.807) is 17.4 Å². The van der Waals surface area contributed by atoms with Crippen molar-refractivity contribution in [3.63, 3.8) is 0 Å². The van der Waals surface area contributed by atoms with Crippen molar-refractivity contribution in [1.82, 2.24) is 9.97 Å². The second-order valence-corrected chi connectivity index (χ2v) is 10.4. The molecule has 4 nitrogen and oxygen atoms in total. The van der Waals surface area contributed by atoms with Crippen LogP contribution in [0.1, 0.15) is 96.8 Å². The standard InChI is InChI=1S/C21H27N3S.C7H14O.C3H8/c1-7-9-10-17-16(6)22-12-18(17)19-13-25-21(24-19)20(15(5)8-2)23-11-14(3)4;1-2-7-3-5-8-6-4-7;1-3-2/h7,9-13,15,22H,1,8H2,2-6H3;7H,2-6H2,1H3;3H2,1-2H3/b10-9-,23-20?;;. The van der Waals surface area contributed by atoms with Gasteiger partial charge < -0.3 is 9.72 Å². The van der Waals surface area contributed by atoms with Gasteiger partial charge in [0, 0.05) is 53.7 Å². The van der Waals surface area contributed by atoms with Crippen LogP contribution in [0.25, 0.3) is 17.3 Å². The SMILES string of the molecule is C=C/C=C\c1c(-c2csc(C(=NC=C(C)C)C(C)CC)n2)c[nH]c1C.CCC.CCC1CCOCC1. The number of nitrogens with zero attached hydrogens (tertiary/aromatic N) is 2. The van der Waals surface area contributed by atoms with E-state index in [-0.39, 0.29) is 0 Å². The molecule has 1 N–H and O–H groups in total. The lowest BCUT2D eigenvalue weighted by molar-refractivity contribution is 0.0654. The molecule has 1 fully saturated rings. The van der Waals surface area contributed by atoms with Crippen molar-refractivity contribution in [2.24, 2.45) is 16.8 Å². The third kappa shape index (κ3) is 10.8. The van der Waals surface area contributed by atoms with Gasteiger partial charge in [-0.3, -0.25) is 4.99 Å². The quantitative estimate of drug-likeness (QED) is 0.283. The number of hydrogen-bond acceptors (Lipinski definition) is 4. The van der Waals surface area contributed by atoms with Crippen LogP contribution >= 0.6 is 11.3 Å². The molecule has 0 spiro atoms. The molecule has 36 heavy (non-hydrogen) atoms. The Morgan fingerprint density at radius 1 is 1.25 bits per heavy atom. The van der Waals surface area contributed by atoms with Crippen molar-refractivity contribution in [2.75, 3.05) is 13.2 Å². The molecule has 3 rings (SSSR count). The number of allylic oxidation sites excluding steroid dienone is 3. The lowest BCUT2D eigenvalue weighted by Gasteiger charge is -2.19. The summed E-state index contributed by atoms with van der Waals surface area (Å²) in [5.41, 5.74) is 6.64. The van der Waals surface area contributed by atoms with Gasteiger partial charge in [0.05, 0.1) is 11.4 Å². The highest BCUT2D eigenvalue weighted by atomic mass is 32.1. The summed E-state index contributed by atoms with van der Waals surface area (Å²) in [4.78, 5) is 12.9. The van der Waals surface area contributed by atoms with Gasteiger partial charge in [0.15, 0.2) is 0 Å². The highest BCUT2D eigenvalue weighted by molar-refractivity contribution is 7.12. The fraction of sp³-hybridized carbons (Fsp3) is 0.548. The number of nitrogens with one attached hydrogen (secondary N) is 1. The van der Waals surface area contributed by atoms with Crippen LogP contribution < -0.4 is 0 Å². The van der Waals surface area contributed by atoms with Crippen molar-refractivity contribution in [3.8, 4) is 11.3 Å². The number of aromatic nitrogens is 2. The van der Waals surface area contributed by atoms with Crippen LogP contribution in [0.4, 0.5) is 0 Å². The summed E-state index contributed by atoms with van der Waals surface area (Å²) in [5.74, 6) is 1.34. The molecule has 5 heteroatoms. The van der Waals surface area contributed by atoms with Gasteiger partial charge in [0.1, 0.15) is 5.01 Å². The number of aryl methyl sites for hydroxylation is 1. The molecule has 0 saturated carbocycles. The van der Waals surface area contributed by atoms with Gasteiger partial charge >= 0.3 is 0 Å². The number of aliphatic imine (C=N–C) groups is 1. The summed E-state index contributed by atoms with van der Waals surface area (Å²) in [5, 5.41) is 3.11. The third-order valence-electron chi connectivity index (χ3n) is 5.98. The lowest BCUT2D eigenvalue weighted by Crippen LogP contribution is -2.14. The Morgan fingerprint density at radius 2 is 1.92 bits per heavy atom. The van der Waals surface area contributed by atoms with Crippen molar-refractivity contribution < 1.29 is 4.74 Å². The fourth-order valence-corrected chi connectivity index (χ4v) is 4.51. The second kappa shape index (κ2) is 18.1. The van der Waals surface area contributed by atoms with E-state index in [0.717, 1.165) is 58.8 Å². The van der Waals surface area contributed by atoms with Gasteiger partial charge in [-0.05, 0) is 46.0 Å². The Morgan fingerprint density at radius 3 is 2.44 bits per heavy atom. The molecule has 3 heterocycles. The number of aromatic amines is 1. The highest BCUT2D eigenvalue weighted by Crippen LogP contribution is 2.30. The Hall–Kier alpha value is -2.24. The van der Waals surface area contributed by atoms with Crippen LogP contribution in [0.3, 0.4) is 0 Å². The zero-order valence-corrected chi connectivity index (χ0v) is 24.8. The van der Waals surface area contributed by atoms with Gasteiger partial charge in [-0.15, -0.1) is 11.3 Å². The molecule has 1 aliphatic rings. The first-order valence-electron chi connectivity index (χ1n) is 13.5. The van der Waals surface area contributed by atoms with Crippen LogP contribution in [0.5, 0.6) is 0 Å². The first-order valence-corrected chi connectivity index (χ1v) is 14.4. The van der Waals surface area contributed by atoms with Crippen LogP contribution in [0, 0.1) is 18.8 Å². The fourth-order valence-electron chi connectivity index (χ4n) is 3.58. The maximum Gasteiger partial charge on any atom is 0.138 e. The molecule has 0 bridgehead atoms. The van der Waals surface area contributed by atoms with E-state index in [9.17, 15) is 0 Å². The summed E-state index contributed by atoms with van der Waals surface area (Å²) in [7, 11) is 0. The lowest BCUT2D eigenvalue weighted by atomic mass is 9.98. The van der Waals surface area contributed by atoms with Crippen molar-refractivity contribution in [3.05, 3.63) is 58.3 Å². The van der Waals surface area contributed by atoms with Gasteiger partial charge in [-0.2, -0.15) is 0 Å². The Kier molecular flexibility index (Phi) is 16.0. The van der Waals surface area contributed by atoms with E-state index < -0.39 is 0 Å². The number of ether oxygens (including phenoxy) is 1. The monoisotopic (exact) mass is 511 g/mol. The van der Waals surface area contributed by atoms with E-state index in [0.29, 0.717) is 5.92 Å². The third-order valence-corrected chi connectivity index (χ3v) is 6.85. The maximum atomic E-state index is 5.20. The van der Waals surface area contributed by atoms with Crippen LogP contribution in [-0.2, 0) is 4.74 Å². The van der Waals surface area contributed by atoms with E-state index in [2.05, 4.69) is 78.4 Å². The van der Waals surface area contributed by atoms with Crippen molar-refractivity contribution >= 4 is 23.1 Å². The Bertz CT molecular complexity index is 970. The number of hydrogen-bond donors (Lipinski definition) is 1. The zero-order valence-electron chi connectivity index (χ0n) is 24.0. The molecule has 2 aromatic heterocycles. The second-order valence-electron chi connectivity index (χ2n) is 9.57. The van der Waals surface area contributed by atoms with Crippen LogP contribution in [-0.4, -0.2) is 28.9 Å². The smallest absolute Gasteiger partial charge is 0.138 e. The molecule has 0 radical (unpaired) electrons. The summed E-state index contributed by atoms with van der Waals surface area (Å²) >= 11 is 1.66. The van der Waals surface area contributed by atoms with Gasteiger partial charge in [0.2, 0.25) is 0 Å². The van der Waals surface area contributed by atoms with Gasteiger partial charge in [0.25, 0.3) is 0 Å². The molecule has 0 amide bonds. The molecule has 200 valence electrons. The molecular formula is C31H49N3OS. The minimum absolute atomic E-state index is 0.377. The molecule has 1 saturated heterocycles. The summed E-state index contributed by atoms with van der Waals surface area (Å²) in [6.07, 6.45) is 16.0. The zero-order chi connectivity index (χ0) is 26.9. The average molecular weight is 512 g/mol. The summed E-state index contributed by atoms with van der Waals surface area (Å²) < 4.78 is 5.20. The minimum atomic E-state index is 0.377. The summed E-state index contributed by atoms with van der Waals surface area (Å²) in [6.45, 7) is 22.8. The largest absolute Gasteiger partial charge is 0.381 e. The maximum absolute atomic E-state index is 5.20. The van der Waals surface area contributed by atoms with Crippen molar-refractivity contribution in [1.29, 1.82) is 0 Å². The Labute approximate surface area is 224 Å². The first kappa shape index (κ1) is 31.8. The normalized spacial score (nSPS) is 14.9. The van der Waals surface area contributed by atoms with E-state index >= 15 is 0 Å². The van der Waals surface area contributed by atoms with Gasteiger partial charge in [-0.1, -0.05) is 77.8 Å². The number of H-pyrrole nitrogens is 1. The predicted octanol–water partition coefficient (Wildman–Crippen LogP) is 9.64. The van der Waals surface area contributed by atoms with Crippen molar-refractivity contribution in [2.45, 2.75) is 87.5 Å². The van der Waals surface area contributed by atoms with E-state index in [4.69, 9.17) is 14.7 Å². The van der Waals surface area contributed by atoms with Crippen LogP contribution in [0.2, 0.25) is 0 Å². The first-order chi connectivity index (χ1) is 17.3. The molecule has 0 aliphatic carbocycles. The van der Waals surface area contributed by atoms with Gasteiger partial charge in [-0.25, -0.2) is 4.98 Å². The topological polar surface area (TPSA) is 50.3 Å². The molecule has 0 aromatic carbocycles. The molecular weight excluding hydrogens is 462 g/mol.